The van der Waals surface area contributed by atoms with Crippen LogP contribution in [0.15, 0.2) is 54.6 Å². The predicted molar refractivity (Wildman–Crippen MR) is 104 cm³/mol. The summed E-state index contributed by atoms with van der Waals surface area (Å²) >= 11 is 0. The normalized spacial score (nSPS) is 14.4. The molecule has 0 aromatic heterocycles. The Bertz CT molecular complexity index is 834. The number of amides is 2. The van der Waals surface area contributed by atoms with Crippen molar-refractivity contribution in [3.8, 4) is 6.07 Å². The molecule has 0 radical (unpaired) electrons. The van der Waals surface area contributed by atoms with Crippen molar-refractivity contribution in [1.29, 1.82) is 5.26 Å². The number of nitrogens with one attached hydrogen (secondary N) is 1. The Morgan fingerprint density at radius 2 is 1.70 bits per heavy atom. The monoisotopic (exact) mass is 361 g/mol. The molecule has 1 fully saturated rings. The maximum absolute atomic E-state index is 12.4. The van der Waals surface area contributed by atoms with Crippen LogP contribution in [-0.4, -0.2) is 29.8 Å². The summed E-state index contributed by atoms with van der Waals surface area (Å²) < 4.78 is 0. The molecule has 2 aromatic rings. The molecule has 1 aliphatic heterocycles. The standard InChI is InChI=1S/C22H23N3O2/c23-16-19-8-4-5-9-20(19)24-21(26)15-22(27)25-12-10-18(11-13-25)14-17-6-2-1-3-7-17/h1-9,18H,10-15H2,(H,24,26). The summed E-state index contributed by atoms with van der Waals surface area (Å²) in [5, 5.41) is 11.7. The molecule has 0 aliphatic carbocycles. The lowest BCUT2D eigenvalue weighted by atomic mass is 9.90. The second-order valence-electron chi connectivity index (χ2n) is 6.90. The van der Waals surface area contributed by atoms with E-state index in [0.29, 0.717) is 30.3 Å². The maximum atomic E-state index is 12.4. The van der Waals surface area contributed by atoms with Gasteiger partial charge in [-0.1, -0.05) is 42.5 Å². The molecule has 1 aliphatic rings. The van der Waals surface area contributed by atoms with Crippen molar-refractivity contribution < 1.29 is 9.59 Å². The first kappa shape index (κ1) is 18.7. The van der Waals surface area contributed by atoms with E-state index in [0.717, 1.165) is 19.3 Å². The van der Waals surface area contributed by atoms with E-state index in [4.69, 9.17) is 5.26 Å². The number of nitriles is 1. The zero-order valence-electron chi connectivity index (χ0n) is 15.2. The minimum absolute atomic E-state index is 0.153. The summed E-state index contributed by atoms with van der Waals surface area (Å²) in [7, 11) is 0. The first-order valence-corrected chi connectivity index (χ1v) is 9.26. The van der Waals surface area contributed by atoms with Gasteiger partial charge in [-0.15, -0.1) is 0 Å². The van der Waals surface area contributed by atoms with Crippen molar-refractivity contribution in [2.24, 2.45) is 5.92 Å². The van der Waals surface area contributed by atoms with Crippen LogP contribution >= 0.6 is 0 Å². The van der Waals surface area contributed by atoms with Gasteiger partial charge >= 0.3 is 0 Å². The third-order valence-electron chi connectivity index (χ3n) is 4.97. The van der Waals surface area contributed by atoms with Crippen LogP contribution in [0.5, 0.6) is 0 Å². The molecule has 0 saturated carbocycles. The number of likely N-dealkylation sites (tertiary alicyclic amines) is 1. The fourth-order valence-corrected chi connectivity index (χ4v) is 3.47. The quantitative estimate of drug-likeness (QED) is 0.830. The molecule has 0 spiro atoms. The Morgan fingerprint density at radius 3 is 2.41 bits per heavy atom. The average Bonchev–Trinajstić information content (AvgIpc) is 2.69. The van der Waals surface area contributed by atoms with Gasteiger partial charge in [0.05, 0.1) is 11.3 Å². The number of anilines is 1. The molecule has 2 aromatic carbocycles. The van der Waals surface area contributed by atoms with Crippen molar-refractivity contribution in [2.75, 3.05) is 18.4 Å². The van der Waals surface area contributed by atoms with Crippen LogP contribution in [0.25, 0.3) is 0 Å². The molecule has 2 amide bonds. The van der Waals surface area contributed by atoms with E-state index in [9.17, 15) is 9.59 Å². The first-order chi connectivity index (χ1) is 13.2. The predicted octanol–water partition coefficient (Wildman–Crippen LogP) is 3.37. The highest BCUT2D eigenvalue weighted by atomic mass is 16.2. The van der Waals surface area contributed by atoms with Crippen molar-refractivity contribution in [2.45, 2.75) is 25.7 Å². The number of nitrogens with zero attached hydrogens (tertiary/aromatic N) is 2. The Kier molecular flexibility index (Phi) is 6.22. The lowest BCUT2D eigenvalue weighted by Gasteiger charge is -2.32. The van der Waals surface area contributed by atoms with Crippen molar-refractivity contribution >= 4 is 17.5 Å². The third-order valence-corrected chi connectivity index (χ3v) is 4.97. The van der Waals surface area contributed by atoms with E-state index in [-0.39, 0.29) is 18.2 Å². The fraction of sp³-hybridized carbons (Fsp3) is 0.318. The minimum atomic E-state index is -0.380. The molecule has 1 saturated heterocycles. The Morgan fingerprint density at radius 1 is 1.04 bits per heavy atom. The van der Waals surface area contributed by atoms with Crippen LogP contribution in [0.2, 0.25) is 0 Å². The smallest absolute Gasteiger partial charge is 0.233 e. The highest BCUT2D eigenvalue weighted by molar-refractivity contribution is 6.04. The summed E-state index contributed by atoms with van der Waals surface area (Å²) in [6.45, 7) is 1.39. The van der Waals surface area contributed by atoms with Gasteiger partial charge in [0, 0.05) is 13.1 Å². The SMILES string of the molecule is N#Cc1ccccc1NC(=O)CC(=O)N1CCC(Cc2ccccc2)CC1. The summed E-state index contributed by atoms with van der Waals surface area (Å²) in [6.07, 6.45) is 2.76. The molecule has 1 heterocycles. The van der Waals surface area contributed by atoms with Gasteiger partial charge in [-0.2, -0.15) is 5.26 Å². The Labute approximate surface area is 159 Å². The molecule has 0 bridgehead atoms. The van der Waals surface area contributed by atoms with Gasteiger partial charge in [0.2, 0.25) is 11.8 Å². The summed E-state index contributed by atoms with van der Waals surface area (Å²) in [4.78, 5) is 26.4. The largest absolute Gasteiger partial charge is 0.342 e. The van der Waals surface area contributed by atoms with Gasteiger partial charge in [0.1, 0.15) is 12.5 Å². The molecule has 0 unspecified atom stereocenters. The van der Waals surface area contributed by atoms with E-state index < -0.39 is 0 Å². The van der Waals surface area contributed by atoms with E-state index in [2.05, 4.69) is 29.6 Å². The van der Waals surface area contributed by atoms with Crippen LogP contribution in [0.4, 0.5) is 5.69 Å². The number of piperidine rings is 1. The number of carbonyl (C=O) groups is 2. The molecule has 5 nitrogen and oxygen atoms in total. The number of rotatable bonds is 5. The zero-order valence-corrected chi connectivity index (χ0v) is 15.2. The fourth-order valence-electron chi connectivity index (χ4n) is 3.47. The Hall–Kier alpha value is -3.13. The Balaban J connectivity index is 1.46. The molecular formula is C22H23N3O2. The van der Waals surface area contributed by atoms with Crippen LogP contribution in [0.3, 0.4) is 0 Å². The zero-order chi connectivity index (χ0) is 19.1. The van der Waals surface area contributed by atoms with Crippen molar-refractivity contribution in [3.05, 3.63) is 65.7 Å². The number of hydrogen-bond donors (Lipinski definition) is 1. The summed E-state index contributed by atoms with van der Waals surface area (Å²) in [6, 6.07) is 19.2. The molecule has 0 atom stereocenters. The highest BCUT2D eigenvalue weighted by Crippen LogP contribution is 2.22. The lowest BCUT2D eigenvalue weighted by Crippen LogP contribution is -2.40. The average molecular weight is 361 g/mol. The maximum Gasteiger partial charge on any atom is 0.233 e. The first-order valence-electron chi connectivity index (χ1n) is 9.26. The molecule has 5 heteroatoms. The number of benzene rings is 2. The second-order valence-corrected chi connectivity index (χ2v) is 6.90. The van der Waals surface area contributed by atoms with Crippen molar-refractivity contribution in [3.63, 3.8) is 0 Å². The topological polar surface area (TPSA) is 73.2 Å². The van der Waals surface area contributed by atoms with Gasteiger partial charge in [-0.3, -0.25) is 9.59 Å². The van der Waals surface area contributed by atoms with Gasteiger partial charge in [-0.05, 0) is 42.9 Å². The molecule has 1 N–H and O–H groups in total. The van der Waals surface area contributed by atoms with Crippen LogP contribution < -0.4 is 5.32 Å². The van der Waals surface area contributed by atoms with Crippen molar-refractivity contribution in [1.82, 2.24) is 4.90 Å². The van der Waals surface area contributed by atoms with Gasteiger partial charge in [-0.25, -0.2) is 0 Å². The molecule has 138 valence electrons. The van der Waals surface area contributed by atoms with Gasteiger partial charge in [0.15, 0.2) is 0 Å². The van der Waals surface area contributed by atoms with E-state index in [1.807, 2.05) is 12.1 Å². The summed E-state index contributed by atoms with van der Waals surface area (Å²) in [5.41, 5.74) is 2.16. The van der Waals surface area contributed by atoms with Crippen LogP contribution in [-0.2, 0) is 16.0 Å². The number of hydrogen-bond acceptors (Lipinski definition) is 3. The van der Waals surface area contributed by atoms with Crippen LogP contribution in [0.1, 0.15) is 30.4 Å². The molecular weight excluding hydrogens is 338 g/mol. The van der Waals surface area contributed by atoms with Gasteiger partial charge in [0.25, 0.3) is 0 Å². The summed E-state index contributed by atoms with van der Waals surface area (Å²) in [5.74, 6) is 0.0435. The number of carbonyl (C=O) groups excluding carboxylic acids is 2. The van der Waals surface area contributed by atoms with Crippen LogP contribution in [0, 0.1) is 17.2 Å². The van der Waals surface area contributed by atoms with Gasteiger partial charge < -0.3 is 10.2 Å². The van der Waals surface area contributed by atoms with E-state index in [1.165, 1.54) is 5.56 Å². The van der Waals surface area contributed by atoms with E-state index >= 15 is 0 Å². The van der Waals surface area contributed by atoms with E-state index in [1.54, 1.807) is 29.2 Å². The number of para-hydroxylation sites is 1. The molecule has 3 rings (SSSR count). The third kappa shape index (κ3) is 5.18. The second kappa shape index (κ2) is 9.00. The molecule has 27 heavy (non-hydrogen) atoms. The lowest BCUT2D eigenvalue weighted by molar-refractivity contribution is -0.135. The minimum Gasteiger partial charge on any atom is -0.342 e. The highest BCUT2D eigenvalue weighted by Gasteiger charge is 2.24.